The first-order chi connectivity index (χ1) is 21.1. The molecule has 0 spiro atoms. The molecular weight excluding hydrogens is 576 g/mol. The Hall–Kier alpha value is -4.45. The zero-order valence-corrected chi connectivity index (χ0v) is 26.6. The van der Waals surface area contributed by atoms with Crippen LogP contribution in [-0.2, 0) is 36.8 Å². The minimum Gasteiger partial charge on any atom is -0.508 e. The summed E-state index contributed by atoms with van der Waals surface area (Å²) in [5.74, 6) is -2.11. The molecular formula is C33H46N6O6. The fourth-order valence-corrected chi connectivity index (χ4v) is 5.23. The molecule has 0 saturated carbocycles. The number of hydrogen-bond acceptors (Lipinski definition) is 7. The van der Waals surface area contributed by atoms with Gasteiger partial charge in [0.2, 0.25) is 29.5 Å². The molecule has 1 heterocycles. The normalized spacial score (nSPS) is 17.9. The van der Waals surface area contributed by atoms with Gasteiger partial charge in [-0.25, -0.2) is 0 Å². The van der Waals surface area contributed by atoms with Crippen LogP contribution in [0.4, 0.5) is 0 Å². The van der Waals surface area contributed by atoms with Crippen molar-refractivity contribution >= 4 is 29.5 Å². The number of carbonyl (C=O) groups excluding carboxylic acids is 5. The largest absolute Gasteiger partial charge is 0.508 e. The third-order valence-electron chi connectivity index (χ3n) is 7.50. The fourth-order valence-electron chi connectivity index (χ4n) is 5.23. The van der Waals surface area contributed by atoms with Crippen LogP contribution in [0.5, 0.6) is 5.75 Å². The average Bonchev–Trinajstić information content (AvgIpc) is 2.97. The average molecular weight is 623 g/mol. The number of nitrogens with zero attached hydrogens (tertiary/aromatic N) is 1. The molecule has 244 valence electrons. The molecule has 12 nitrogen and oxygen atoms in total. The highest BCUT2D eigenvalue weighted by Crippen LogP contribution is 2.23. The van der Waals surface area contributed by atoms with Crippen LogP contribution in [-0.4, -0.2) is 82.3 Å². The van der Waals surface area contributed by atoms with Gasteiger partial charge in [-0.3, -0.25) is 24.0 Å². The number of phenols is 1. The number of carbonyl (C=O) groups is 5. The van der Waals surface area contributed by atoms with Gasteiger partial charge in [-0.15, -0.1) is 0 Å². The van der Waals surface area contributed by atoms with Gasteiger partial charge in [-0.2, -0.15) is 0 Å². The van der Waals surface area contributed by atoms with Gasteiger partial charge in [0.25, 0.3) is 0 Å². The Morgan fingerprint density at radius 2 is 1.58 bits per heavy atom. The second kappa shape index (κ2) is 15.5. The van der Waals surface area contributed by atoms with Crippen LogP contribution in [0.25, 0.3) is 0 Å². The highest BCUT2D eigenvalue weighted by molar-refractivity contribution is 5.95. The first kappa shape index (κ1) is 35.0. The summed E-state index contributed by atoms with van der Waals surface area (Å²) in [5.41, 5.74) is 6.91. The molecule has 1 aliphatic rings. The summed E-state index contributed by atoms with van der Waals surface area (Å²) >= 11 is 0. The van der Waals surface area contributed by atoms with Crippen LogP contribution in [0.2, 0.25) is 0 Å². The van der Waals surface area contributed by atoms with E-state index in [2.05, 4.69) is 21.3 Å². The van der Waals surface area contributed by atoms with Gasteiger partial charge >= 0.3 is 0 Å². The van der Waals surface area contributed by atoms with Gasteiger partial charge in [-0.05, 0) is 62.8 Å². The maximum atomic E-state index is 14.0. The number of piperazine rings is 1. The van der Waals surface area contributed by atoms with Crippen molar-refractivity contribution < 1.29 is 29.1 Å². The molecule has 1 saturated heterocycles. The lowest BCUT2D eigenvalue weighted by Crippen LogP contribution is -2.68. The molecule has 45 heavy (non-hydrogen) atoms. The topological polar surface area (TPSA) is 183 Å². The molecule has 0 unspecified atom stereocenters. The summed E-state index contributed by atoms with van der Waals surface area (Å²) in [7, 11) is 0. The number of benzene rings is 2. The summed E-state index contributed by atoms with van der Waals surface area (Å²) in [6.45, 7) is 8.97. The molecule has 5 amide bonds. The fraction of sp³-hybridized carbons (Fsp3) is 0.485. The van der Waals surface area contributed by atoms with Gasteiger partial charge in [0, 0.05) is 13.0 Å². The maximum Gasteiger partial charge on any atom is 0.246 e. The molecule has 0 aliphatic carbocycles. The van der Waals surface area contributed by atoms with Crippen LogP contribution in [0.3, 0.4) is 0 Å². The van der Waals surface area contributed by atoms with Gasteiger partial charge in [0.1, 0.15) is 23.9 Å². The summed E-state index contributed by atoms with van der Waals surface area (Å²) in [6, 6.07) is 11.9. The lowest BCUT2D eigenvalue weighted by Gasteiger charge is -2.45. The molecule has 1 aliphatic heterocycles. The van der Waals surface area contributed by atoms with Crippen LogP contribution in [0.1, 0.15) is 52.2 Å². The number of phenolic OH excluding ortho intramolecular Hbond substituents is 1. The molecule has 3 rings (SSSR count). The first-order valence-electron chi connectivity index (χ1n) is 15.2. The zero-order chi connectivity index (χ0) is 33.3. The molecule has 2 aromatic rings. The molecule has 1 fully saturated rings. The Morgan fingerprint density at radius 3 is 2.20 bits per heavy atom. The third-order valence-corrected chi connectivity index (χ3v) is 7.50. The minimum atomic E-state index is -0.983. The van der Waals surface area contributed by atoms with Crippen molar-refractivity contribution in [2.45, 2.75) is 83.6 Å². The van der Waals surface area contributed by atoms with Crippen molar-refractivity contribution in [2.75, 3.05) is 13.1 Å². The van der Waals surface area contributed by atoms with E-state index in [1.54, 1.807) is 17.0 Å². The summed E-state index contributed by atoms with van der Waals surface area (Å²) in [6.07, 6.45) is 0.864. The van der Waals surface area contributed by atoms with E-state index in [1.807, 2.05) is 58.0 Å². The Bertz CT molecular complexity index is 1350. The lowest BCUT2D eigenvalue weighted by atomic mass is 9.92. The predicted molar refractivity (Wildman–Crippen MR) is 170 cm³/mol. The molecule has 0 bridgehead atoms. The Morgan fingerprint density at radius 1 is 0.956 bits per heavy atom. The van der Waals surface area contributed by atoms with E-state index in [0.29, 0.717) is 6.42 Å². The van der Waals surface area contributed by atoms with Crippen molar-refractivity contribution in [3.05, 3.63) is 65.7 Å². The van der Waals surface area contributed by atoms with Crippen molar-refractivity contribution in [1.82, 2.24) is 26.2 Å². The summed E-state index contributed by atoms with van der Waals surface area (Å²) in [4.78, 5) is 67.0. The Balaban J connectivity index is 1.64. The maximum absolute atomic E-state index is 14.0. The molecule has 2 aromatic carbocycles. The highest BCUT2D eigenvalue weighted by Gasteiger charge is 2.43. The number of rotatable bonds is 13. The SMILES string of the molecule is CC(C)C[C@@H]1C(=O)NC(C)(C)CN1C(=O)[C@H](Cc1ccccc1)NC(=O)CNC(=O)[C@@H](C)NC(=O)[C@@H](N)Cc1ccc(O)cc1. The number of aromatic hydroxyl groups is 1. The van der Waals surface area contributed by atoms with E-state index >= 15 is 0 Å². The highest BCUT2D eigenvalue weighted by atomic mass is 16.3. The zero-order valence-electron chi connectivity index (χ0n) is 26.6. The molecule has 0 radical (unpaired) electrons. The van der Waals surface area contributed by atoms with E-state index in [4.69, 9.17) is 5.73 Å². The lowest BCUT2D eigenvalue weighted by molar-refractivity contribution is -0.149. The number of nitrogens with two attached hydrogens (primary N) is 1. The standard InChI is InChI=1S/C33H46N6O6/c1-20(2)15-27-31(44)38-33(4,5)19-39(27)32(45)26(17-22-9-7-6-8-10-22)37-28(41)18-35-29(42)21(3)36-30(43)25(34)16-23-11-13-24(40)14-12-23/h6-14,20-21,25-27,40H,15-19,34H2,1-5H3,(H,35,42)(H,36,43)(H,37,41)(H,38,44)/t21-,25+,26+,27-/m1/s1. The number of hydrogen-bond donors (Lipinski definition) is 6. The number of nitrogens with one attached hydrogen (secondary N) is 4. The van der Waals surface area contributed by atoms with Crippen molar-refractivity contribution in [3.8, 4) is 5.75 Å². The van der Waals surface area contributed by atoms with E-state index in [0.717, 1.165) is 11.1 Å². The van der Waals surface area contributed by atoms with E-state index in [-0.39, 0.29) is 42.9 Å². The molecule has 4 atom stereocenters. The van der Waals surface area contributed by atoms with Crippen LogP contribution >= 0.6 is 0 Å². The van der Waals surface area contributed by atoms with Gasteiger partial charge in [0.05, 0.1) is 18.1 Å². The van der Waals surface area contributed by atoms with Crippen molar-refractivity contribution in [3.63, 3.8) is 0 Å². The predicted octanol–water partition coefficient (Wildman–Crippen LogP) is 0.762. The third kappa shape index (κ3) is 10.6. The van der Waals surface area contributed by atoms with Gasteiger partial charge < -0.3 is 37.0 Å². The monoisotopic (exact) mass is 622 g/mol. The Labute approximate surface area is 264 Å². The summed E-state index contributed by atoms with van der Waals surface area (Å²) in [5, 5.41) is 20.2. The van der Waals surface area contributed by atoms with Crippen molar-refractivity contribution in [1.29, 1.82) is 0 Å². The van der Waals surface area contributed by atoms with Crippen LogP contribution in [0, 0.1) is 5.92 Å². The van der Waals surface area contributed by atoms with E-state index in [1.165, 1.54) is 19.1 Å². The van der Waals surface area contributed by atoms with Crippen LogP contribution in [0.15, 0.2) is 54.6 Å². The van der Waals surface area contributed by atoms with Crippen LogP contribution < -0.4 is 27.0 Å². The molecule has 0 aromatic heterocycles. The number of amides is 5. The molecule has 12 heteroatoms. The quantitative estimate of drug-likeness (QED) is 0.191. The minimum absolute atomic E-state index is 0.0972. The smallest absolute Gasteiger partial charge is 0.246 e. The summed E-state index contributed by atoms with van der Waals surface area (Å²) < 4.78 is 0. The second-order valence-electron chi connectivity index (χ2n) is 12.7. The van der Waals surface area contributed by atoms with Gasteiger partial charge in [0.15, 0.2) is 0 Å². The first-order valence-corrected chi connectivity index (χ1v) is 15.2. The van der Waals surface area contributed by atoms with E-state index < -0.39 is 54.0 Å². The Kier molecular flexibility index (Phi) is 12.1. The van der Waals surface area contributed by atoms with Crippen molar-refractivity contribution in [2.24, 2.45) is 11.7 Å². The second-order valence-corrected chi connectivity index (χ2v) is 12.7. The van der Waals surface area contributed by atoms with Gasteiger partial charge in [-0.1, -0.05) is 56.3 Å². The molecule has 7 N–H and O–H groups in total. The van der Waals surface area contributed by atoms with E-state index in [9.17, 15) is 29.1 Å².